The fourth-order valence-corrected chi connectivity index (χ4v) is 5.11. The number of carbonyl (C=O) groups is 1. The van der Waals surface area contributed by atoms with E-state index in [9.17, 15) is 9.18 Å². The summed E-state index contributed by atoms with van der Waals surface area (Å²) in [4.78, 5) is 17.0. The number of nitrogens with one attached hydrogen (secondary N) is 1. The van der Waals surface area contributed by atoms with E-state index in [1.165, 1.54) is 17.7 Å². The summed E-state index contributed by atoms with van der Waals surface area (Å²) in [6, 6.07) is 14.6. The van der Waals surface area contributed by atoms with E-state index in [1.54, 1.807) is 12.1 Å². The lowest BCUT2D eigenvalue weighted by Crippen LogP contribution is -2.61. The van der Waals surface area contributed by atoms with E-state index in [1.807, 2.05) is 24.0 Å². The molecule has 0 saturated carbocycles. The summed E-state index contributed by atoms with van der Waals surface area (Å²) in [6.07, 6.45) is 1.98. The van der Waals surface area contributed by atoms with Crippen molar-refractivity contribution >= 4 is 17.6 Å². The number of nitrogens with zero attached hydrogens (tertiary/aromatic N) is 2. The van der Waals surface area contributed by atoms with Crippen molar-refractivity contribution in [1.82, 2.24) is 15.1 Å². The lowest BCUT2D eigenvalue weighted by molar-refractivity contribution is -0.0921. The van der Waals surface area contributed by atoms with Crippen molar-refractivity contribution in [2.45, 2.75) is 31.8 Å². The van der Waals surface area contributed by atoms with Gasteiger partial charge in [-0.15, -0.1) is 0 Å². The summed E-state index contributed by atoms with van der Waals surface area (Å²) in [5.74, 6) is -0.269. The quantitative estimate of drug-likeness (QED) is 0.764. The Morgan fingerprint density at radius 3 is 2.34 bits per heavy atom. The lowest BCUT2D eigenvalue weighted by Gasteiger charge is -2.59. The van der Waals surface area contributed by atoms with Crippen LogP contribution in [0, 0.1) is 11.2 Å². The number of urea groups is 1. The van der Waals surface area contributed by atoms with E-state index < -0.39 is 0 Å². The Morgan fingerprint density at radius 1 is 1.14 bits per heavy atom. The van der Waals surface area contributed by atoms with Crippen LogP contribution in [0.15, 0.2) is 48.5 Å². The molecule has 2 aliphatic heterocycles. The average molecular weight is 416 g/mol. The SMILES string of the molecule is C[C@H](NC(=O)N1CCC2(CC1)CN(C)C2c1ccc(Cl)cc1)c1ccc(F)cc1. The Bertz CT molecular complexity index is 863. The number of hydrogen-bond acceptors (Lipinski definition) is 2. The fourth-order valence-electron chi connectivity index (χ4n) is 4.98. The van der Waals surface area contributed by atoms with Crippen LogP contribution in [-0.4, -0.2) is 42.5 Å². The van der Waals surface area contributed by atoms with Crippen molar-refractivity contribution in [2.75, 3.05) is 26.7 Å². The molecule has 2 saturated heterocycles. The van der Waals surface area contributed by atoms with Gasteiger partial charge in [0.05, 0.1) is 6.04 Å². The third-order valence-electron chi connectivity index (χ3n) is 6.53. The van der Waals surface area contributed by atoms with Crippen LogP contribution in [0.25, 0.3) is 0 Å². The summed E-state index contributed by atoms with van der Waals surface area (Å²) < 4.78 is 13.1. The second kappa shape index (κ2) is 7.96. The fraction of sp³-hybridized carbons (Fsp3) is 0.435. The van der Waals surface area contributed by atoms with Crippen LogP contribution in [0.3, 0.4) is 0 Å². The highest BCUT2D eigenvalue weighted by atomic mass is 35.5. The zero-order valence-corrected chi connectivity index (χ0v) is 17.6. The minimum absolute atomic E-state index is 0.0487. The Morgan fingerprint density at radius 2 is 1.76 bits per heavy atom. The number of amides is 2. The topological polar surface area (TPSA) is 35.6 Å². The smallest absolute Gasteiger partial charge is 0.317 e. The van der Waals surface area contributed by atoms with Crippen molar-refractivity contribution < 1.29 is 9.18 Å². The van der Waals surface area contributed by atoms with Gasteiger partial charge in [0.15, 0.2) is 0 Å². The average Bonchev–Trinajstić information content (AvgIpc) is 2.70. The van der Waals surface area contributed by atoms with Crippen LogP contribution in [0.4, 0.5) is 9.18 Å². The Kier molecular flexibility index (Phi) is 5.54. The molecule has 1 spiro atoms. The first-order valence-corrected chi connectivity index (χ1v) is 10.5. The highest BCUT2D eigenvalue weighted by molar-refractivity contribution is 6.30. The Labute approximate surface area is 176 Å². The zero-order valence-electron chi connectivity index (χ0n) is 16.9. The number of piperidine rings is 1. The largest absolute Gasteiger partial charge is 0.331 e. The van der Waals surface area contributed by atoms with E-state index in [0.29, 0.717) is 6.04 Å². The first-order valence-electron chi connectivity index (χ1n) is 10.1. The summed E-state index contributed by atoms with van der Waals surface area (Å²) in [5.41, 5.74) is 2.42. The second-order valence-corrected chi connectivity index (χ2v) is 8.88. The molecule has 2 aliphatic rings. The molecule has 4 nitrogen and oxygen atoms in total. The number of carbonyl (C=O) groups excluding carboxylic acids is 1. The molecule has 0 aliphatic carbocycles. The standard InChI is InChI=1S/C23H27ClFN3O/c1-16(17-5-9-20(25)10-6-17)26-22(29)28-13-11-23(12-14-28)15-27(2)21(23)18-3-7-19(24)8-4-18/h3-10,16,21H,11-15H2,1-2H3,(H,26,29)/t16-,21?/m0/s1. The minimum Gasteiger partial charge on any atom is -0.331 e. The van der Waals surface area contributed by atoms with Gasteiger partial charge >= 0.3 is 6.03 Å². The first kappa shape index (κ1) is 20.2. The molecule has 0 aromatic heterocycles. The van der Waals surface area contributed by atoms with Crippen LogP contribution in [-0.2, 0) is 0 Å². The van der Waals surface area contributed by atoms with Crippen molar-refractivity contribution in [1.29, 1.82) is 0 Å². The van der Waals surface area contributed by atoms with Crippen molar-refractivity contribution in [3.05, 3.63) is 70.5 Å². The van der Waals surface area contributed by atoms with Gasteiger partial charge in [-0.2, -0.15) is 0 Å². The molecular formula is C23H27ClFN3O. The number of halogens is 2. The predicted octanol–water partition coefficient (Wildman–Crippen LogP) is 5.02. The van der Waals surface area contributed by atoms with Crippen LogP contribution >= 0.6 is 11.6 Å². The molecule has 1 N–H and O–H groups in total. The molecular weight excluding hydrogens is 389 g/mol. The van der Waals surface area contributed by atoms with E-state index in [2.05, 4.69) is 29.4 Å². The minimum atomic E-state index is -0.269. The second-order valence-electron chi connectivity index (χ2n) is 8.44. The van der Waals surface area contributed by atoms with E-state index >= 15 is 0 Å². The molecule has 2 heterocycles. The highest BCUT2D eigenvalue weighted by Crippen LogP contribution is 2.54. The van der Waals surface area contributed by atoms with Crippen molar-refractivity contribution in [3.63, 3.8) is 0 Å². The molecule has 6 heteroatoms. The van der Waals surface area contributed by atoms with Crippen molar-refractivity contribution in [2.24, 2.45) is 5.41 Å². The van der Waals surface area contributed by atoms with E-state index in [4.69, 9.17) is 11.6 Å². The highest BCUT2D eigenvalue weighted by Gasteiger charge is 2.52. The molecule has 29 heavy (non-hydrogen) atoms. The molecule has 0 radical (unpaired) electrons. The molecule has 2 aromatic carbocycles. The van der Waals surface area contributed by atoms with Gasteiger partial charge in [0.2, 0.25) is 0 Å². The Hall–Kier alpha value is -2.11. The van der Waals surface area contributed by atoms with Gasteiger partial charge in [-0.1, -0.05) is 35.9 Å². The molecule has 2 amide bonds. The van der Waals surface area contributed by atoms with Crippen LogP contribution in [0.1, 0.15) is 43.0 Å². The Balaban J connectivity index is 1.36. The third kappa shape index (κ3) is 3.99. The number of hydrogen-bond donors (Lipinski definition) is 1. The predicted molar refractivity (Wildman–Crippen MR) is 113 cm³/mol. The maximum atomic E-state index is 13.1. The molecule has 2 atom stereocenters. The molecule has 154 valence electrons. The number of rotatable bonds is 3. The molecule has 0 bridgehead atoms. The molecule has 2 aromatic rings. The monoisotopic (exact) mass is 415 g/mol. The van der Waals surface area contributed by atoms with E-state index in [0.717, 1.165) is 43.1 Å². The number of likely N-dealkylation sites (tertiary alicyclic amines) is 2. The van der Waals surface area contributed by atoms with Gasteiger partial charge in [0.1, 0.15) is 5.82 Å². The summed E-state index contributed by atoms with van der Waals surface area (Å²) in [6.45, 7) is 4.48. The first-order chi connectivity index (χ1) is 13.9. The van der Waals surface area contributed by atoms with Gasteiger partial charge < -0.3 is 10.2 Å². The zero-order chi connectivity index (χ0) is 20.6. The van der Waals surface area contributed by atoms with Crippen LogP contribution in [0.5, 0.6) is 0 Å². The summed E-state index contributed by atoms with van der Waals surface area (Å²) in [7, 11) is 2.16. The van der Waals surface area contributed by atoms with Crippen molar-refractivity contribution in [3.8, 4) is 0 Å². The van der Waals surface area contributed by atoms with Crippen LogP contribution < -0.4 is 5.32 Å². The number of benzene rings is 2. The van der Waals surface area contributed by atoms with Gasteiger partial charge in [0, 0.05) is 36.1 Å². The summed E-state index contributed by atoms with van der Waals surface area (Å²) >= 11 is 6.06. The normalized spacial score (nSPS) is 22.2. The lowest BCUT2D eigenvalue weighted by atomic mass is 9.63. The maximum Gasteiger partial charge on any atom is 0.317 e. The van der Waals surface area contributed by atoms with E-state index in [-0.39, 0.29) is 23.3 Å². The third-order valence-corrected chi connectivity index (χ3v) is 6.78. The molecule has 1 unspecified atom stereocenters. The summed E-state index contributed by atoms with van der Waals surface area (Å²) in [5, 5.41) is 3.80. The van der Waals surface area contributed by atoms with Crippen LogP contribution in [0.2, 0.25) is 5.02 Å². The maximum absolute atomic E-state index is 13.1. The van der Waals surface area contributed by atoms with Gasteiger partial charge in [-0.3, -0.25) is 4.90 Å². The van der Waals surface area contributed by atoms with Gasteiger partial charge in [-0.25, -0.2) is 9.18 Å². The molecule has 4 rings (SSSR count). The van der Waals surface area contributed by atoms with Gasteiger partial charge in [0.25, 0.3) is 0 Å². The molecule has 2 fully saturated rings. The van der Waals surface area contributed by atoms with Gasteiger partial charge in [-0.05, 0) is 62.2 Å².